The van der Waals surface area contributed by atoms with Crippen molar-refractivity contribution in [1.82, 2.24) is 9.66 Å². The van der Waals surface area contributed by atoms with E-state index in [1.807, 2.05) is 32.0 Å². The van der Waals surface area contributed by atoms with Crippen molar-refractivity contribution in [2.45, 2.75) is 26.4 Å². The van der Waals surface area contributed by atoms with Crippen LogP contribution in [0.15, 0.2) is 69.0 Å². The lowest BCUT2D eigenvalue weighted by molar-refractivity contribution is -0.384. The van der Waals surface area contributed by atoms with Crippen molar-refractivity contribution in [1.29, 1.82) is 0 Å². The Morgan fingerprint density at radius 3 is 2.76 bits per heavy atom. The fourth-order valence-corrected chi connectivity index (χ4v) is 4.21. The number of hydrogen-bond acceptors (Lipinski definition) is 8. The molecule has 0 amide bonds. The van der Waals surface area contributed by atoms with Gasteiger partial charge in [0.05, 0.1) is 22.0 Å². The topological polar surface area (TPSA) is 118 Å². The number of nitro groups is 1. The first-order valence-corrected chi connectivity index (χ1v) is 12.2. The van der Waals surface area contributed by atoms with Crippen molar-refractivity contribution in [3.63, 3.8) is 0 Å². The lowest BCUT2D eigenvalue weighted by atomic mass is 10.1. The molecule has 188 valence electrons. The first-order valence-electron chi connectivity index (χ1n) is 11.4. The van der Waals surface area contributed by atoms with Crippen LogP contribution in [0, 0.1) is 10.1 Å². The monoisotopic (exact) mass is 564 g/mol. The van der Waals surface area contributed by atoms with Crippen molar-refractivity contribution in [2.24, 2.45) is 5.10 Å². The summed E-state index contributed by atoms with van der Waals surface area (Å²) in [6, 6.07) is 14.9. The highest BCUT2D eigenvalue weighted by molar-refractivity contribution is 9.10. The van der Waals surface area contributed by atoms with Gasteiger partial charge in [-0.05, 0) is 42.0 Å². The molecule has 0 radical (unpaired) electrons. The maximum absolute atomic E-state index is 13.3. The minimum Gasteiger partial charge on any atom is -0.488 e. The van der Waals surface area contributed by atoms with Crippen LogP contribution in [0.1, 0.15) is 36.7 Å². The molecule has 1 aromatic heterocycles. The third-order valence-corrected chi connectivity index (χ3v) is 6.19. The van der Waals surface area contributed by atoms with Gasteiger partial charge < -0.3 is 14.2 Å². The number of rotatable bonds is 7. The van der Waals surface area contributed by atoms with Gasteiger partial charge in [0.15, 0.2) is 11.5 Å². The molecule has 37 heavy (non-hydrogen) atoms. The molecule has 0 saturated heterocycles. The van der Waals surface area contributed by atoms with Crippen LogP contribution in [-0.4, -0.2) is 27.6 Å². The summed E-state index contributed by atoms with van der Waals surface area (Å²) >= 11 is 3.39. The second-order valence-corrected chi connectivity index (χ2v) is 9.52. The molecule has 11 heteroatoms. The summed E-state index contributed by atoms with van der Waals surface area (Å²) in [7, 11) is 0. The average molecular weight is 565 g/mol. The van der Waals surface area contributed by atoms with E-state index in [1.165, 1.54) is 29.1 Å². The van der Waals surface area contributed by atoms with Crippen LogP contribution in [0.3, 0.4) is 0 Å². The molecule has 10 nitrogen and oxygen atoms in total. The van der Waals surface area contributed by atoms with Crippen molar-refractivity contribution in [2.75, 3.05) is 6.79 Å². The zero-order valence-electron chi connectivity index (χ0n) is 19.9. The quantitative estimate of drug-likeness (QED) is 0.168. The van der Waals surface area contributed by atoms with Gasteiger partial charge in [-0.3, -0.25) is 14.9 Å². The van der Waals surface area contributed by atoms with Crippen LogP contribution in [0.4, 0.5) is 5.69 Å². The molecule has 1 aliphatic heterocycles. The molecular weight excluding hydrogens is 544 g/mol. The molecular formula is C26H21BrN4O6. The summed E-state index contributed by atoms with van der Waals surface area (Å²) < 4.78 is 18.7. The van der Waals surface area contributed by atoms with E-state index in [0.717, 1.165) is 10.0 Å². The molecule has 0 N–H and O–H groups in total. The molecule has 0 aliphatic carbocycles. The molecule has 0 saturated carbocycles. The lowest BCUT2D eigenvalue weighted by Gasteiger charge is -2.13. The standard InChI is InChI=1S/C26H21BrN4O6/c1-15(2)25-29-21-6-4-18(27)11-20(21)26(32)30(25)28-12-17-10-19(31(33)34)5-8-22(17)35-13-16-3-7-23-24(9-16)37-14-36-23/h3-12,15H,13-14H2,1-2H3. The van der Waals surface area contributed by atoms with Crippen molar-refractivity contribution in [3.8, 4) is 17.2 Å². The van der Waals surface area contributed by atoms with Gasteiger partial charge in [0.1, 0.15) is 18.2 Å². The van der Waals surface area contributed by atoms with Gasteiger partial charge in [0.25, 0.3) is 11.2 Å². The van der Waals surface area contributed by atoms with E-state index in [4.69, 9.17) is 14.2 Å². The summed E-state index contributed by atoms with van der Waals surface area (Å²) in [5.41, 5.74) is 1.25. The fraction of sp³-hybridized carbons (Fsp3) is 0.192. The van der Waals surface area contributed by atoms with E-state index >= 15 is 0 Å². The van der Waals surface area contributed by atoms with E-state index in [1.54, 1.807) is 18.2 Å². The molecule has 0 bridgehead atoms. The third kappa shape index (κ3) is 5.03. The number of ether oxygens (including phenoxy) is 3. The zero-order chi connectivity index (χ0) is 26.1. The number of nitro benzene ring substituents is 1. The number of halogens is 1. The second-order valence-electron chi connectivity index (χ2n) is 8.60. The summed E-state index contributed by atoms with van der Waals surface area (Å²) in [6.07, 6.45) is 1.38. The Bertz CT molecular complexity index is 1620. The van der Waals surface area contributed by atoms with Crippen LogP contribution in [0.5, 0.6) is 17.2 Å². The molecule has 1 aliphatic rings. The van der Waals surface area contributed by atoms with Gasteiger partial charge in [0, 0.05) is 28.1 Å². The summed E-state index contributed by atoms with van der Waals surface area (Å²) in [5.74, 6) is 2.01. The fourth-order valence-electron chi connectivity index (χ4n) is 3.84. The number of non-ortho nitro benzene ring substituents is 1. The Morgan fingerprint density at radius 1 is 1.16 bits per heavy atom. The van der Waals surface area contributed by atoms with Crippen LogP contribution < -0.4 is 19.8 Å². The Labute approximate surface area is 219 Å². The first kappa shape index (κ1) is 24.4. The summed E-state index contributed by atoms with van der Waals surface area (Å²) in [5, 5.41) is 16.2. The third-order valence-electron chi connectivity index (χ3n) is 5.70. The largest absolute Gasteiger partial charge is 0.488 e. The first-order chi connectivity index (χ1) is 17.8. The predicted molar refractivity (Wildman–Crippen MR) is 141 cm³/mol. The minimum absolute atomic E-state index is 0.107. The molecule has 0 atom stereocenters. The van der Waals surface area contributed by atoms with Gasteiger partial charge in [0.2, 0.25) is 6.79 Å². The molecule has 0 spiro atoms. The van der Waals surface area contributed by atoms with Crippen molar-refractivity contribution >= 4 is 38.7 Å². The van der Waals surface area contributed by atoms with Crippen molar-refractivity contribution < 1.29 is 19.1 Å². The number of fused-ring (bicyclic) bond motifs is 2. The van der Waals surface area contributed by atoms with Gasteiger partial charge in [-0.2, -0.15) is 9.78 Å². The molecule has 4 aromatic rings. The van der Waals surface area contributed by atoms with Crippen LogP contribution in [-0.2, 0) is 6.61 Å². The molecule has 0 unspecified atom stereocenters. The molecule has 3 aromatic carbocycles. The van der Waals surface area contributed by atoms with Gasteiger partial charge in [-0.15, -0.1) is 0 Å². The van der Waals surface area contributed by atoms with Crippen molar-refractivity contribution in [3.05, 3.63) is 96.5 Å². The Kier molecular flexibility index (Phi) is 6.62. The zero-order valence-corrected chi connectivity index (χ0v) is 21.5. The number of benzene rings is 3. The van der Waals surface area contributed by atoms with Crippen LogP contribution >= 0.6 is 15.9 Å². The van der Waals surface area contributed by atoms with E-state index in [0.29, 0.717) is 39.5 Å². The van der Waals surface area contributed by atoms with Gasteiger partial charge >= 0.3 is 0 Å². The highest BCUT2D eigenvalue weighted by Crippen LogP contribution is 2.33. The van der Waals surface area contributed by atoms with Crippen LogP contribution in [0.25, 0.3) is 10.9 Å². The molecule has 2 heterocycles. The number of nitrogens with zero attached hydrogens (tertiary/aromatic N) is 4. The maximum atomic E-state index is 13.3. The Morgan fingerprint density at radius 2 is 1.97 bits per heavy atom. The molecule has 5 rings (SSSR count). The number of hydrogen-bond donors (Lipinski definition) is 0. The lowest BCUT2D eigenvalue weighted by Crippen LogP contribution is -2.23. The predicted octanol–water partition coefficient (Wildman–Crippen LogP) is 5.38. The SMILES string of the molecule is CC(C)c1nc2ccc(Br)cc2c(=O)n1N=Cc1cc([N+](=O)[O-])ccc1OCc1ccc2c(c1)OCO2. The average Bonchev–Trinajstić information content (AvgIpc) is 3.35. The number of aromatic nitrogens is 2. The highest BCUT2D eigenvalue weighted by atomic mass is 79.9. The Balaban J connectivity index is 1.52. The van der Waals surface area contributed by atoms with Gasteiger partial charge in [-0.25, -0.2) is 4.98 Å². The second kappa shape index (κ2) is 10.0. The highest BCUT2D eigenvalue weighted by Gasteiger charge is 2.17. The van der Waals surface area contributed by atoms with E-state index in [9.17, 15) is 14.9 Å². The smallest absolute Gasteiger partial charge is 0.282 e. The van der Waals surface area contributed by atoms with Crippen LogP contribution in [0.2, 0.25) is 0 Å². The maximum Gasteiger partial charge on any atom is 0.282 e. The Hall–Kier alpha value is -4.25. The van der Waals surface area contributed by atoms with E-state index in [2.05, 4.69) is 26.0 Å². The minimum atomic E-state index is -0.500. The normalized spacial score (nSPS) is 12.5. The summed E-state index contributed by atoms with van der Waals surface area (Å²) in [4.78, 5) is 28.9. The van der Waals surface area contributed by atoms with E-state index < -0.39 is 4.92 Å². The summed E-state index contributed by atoms with van der Waals surface area (Å²) in [6.45, 7) is 4.16. The molecule has 0 fully saturated rings. The van der Waals surface area contributed by atoms with Gasteiger partial charge in [-0.1, -0.05) is 35.8 Å². The van der Waals surface area contributed by atoms with E-state index in [-0.39, 0.29) is 30.6 Å².